The van der Waals surface area contributed by atoms with Gasteiger partial charge in [-0.25, -0.2) is 18.4 Å². The van der Waals surface area contributed by atoms with Crippen LogP contribution in [0, 0.1) is 6.92 Å². The van der Waals surface area contributed by atoms with Crippen molar-refractivity contribution in [2.45, 2.75) is 50.7 Å². The number of hydrogen-bond donors (Lipinski definition) is 2. The first-order valence-electron chi connectivity index (χ1n) is 7.93. The van der Waals surface area contributed by atoms with Gasteiger partial charge in [-0.1, -0.05) is 0 Å². The fourth-order valence-corrected chi connectivity index (χ4v) is 2.99. The van der Waals surface area contributed by atoms with E-state index in [1.165, 1.54) is 4.68 Å². The lowest BCUT2D eigenvalue weighted by atomic mass is 9.83. The molecule has 0 bridgehead atoms. The molecule has 2 heterocycles. The molecule has 0 unspecified atom stereocenters. The number of pyridine rings is 1. The van der Waals surface area contributed by atoms with Gasteiger partial charge in [0.15, 0.2) is 5.65 Å². The van der Waals surface area contributed by atoms with Crippen LogP contribution < -0.4 is 5.32 Å². The standard InChI is InChI=1S/C16H20F2N4O2/c1-11-12-3-2-8-19-14(12)22(21-11)9-13(23)20-10-15(24)4-6-16(17,18)7-5-15/h2-3,8,24H,4-7,9-10H2,1H3,(H,20,23). The first-order valence-corrected chi connectivity index (χ1v) is 7.93. The number of halogens is 2. The van der Waals surface area contributed by atoms with Crippen molar-refractivity contribution in [1.29, 1.82) is 0 Å². The molecule has 1 aliphatic carbocycles. The largest absolute Gasteiger partial charge is 0.388 e. The van der Waals surface area contributed by atoms with E-state index in [2.05, 4.69) is 15.4 Å². The molecule has 1 saturated carbocycles. The van der Waals surface area contributed by atoms with Gasteiger partial charge >= 0.3 is 0 Å². The fourth-order valence-electron chi connectivity index (χ4n) is 2.99. The van der Waals surface area contributed by atoms with Gasteiger partial charge < -0.3 is 10.4 Å². The highest BCUT2D eigenvalue weighted by Gasteiger charge is 2.42. The molecule has 1 fully saturated rings. The number of aryl methyl sites for hydroxylation is 1. The summed E-state index contributed by atoms with van der Waals surface area (Å²) < 4.78 is 27.8. The molecule has 3 rings (SSSR count). The summed E-state index contributed by atoms with van der Waals surface area (Å²) in [6.07, 6.45) is 0.874. The maximum absolute atomic E-state index is 13.2. The number of amides is 1. The molecule has 0 spiro atoms. The zero-order chi connectivity index (χ0) is 17.4. The third kappa shape index (κ3) is 3.53. The summed E-state index contributed by atoms with van der Waals surface area (Å²) in [6.45, 7) is 1.77. The average Bonchev–Trinajstić information content (AvgIpc) is 2.86. The Labute approximate surface area is 137 Å². The van der Waals surface area contributed by atoms with Crippen molar-refractivity contribution < 1.29 is 18.7 Å². The van der Waals surface area contributed by atoms with Crippen LogP contribution in [0.3, 0.4) is 0 Å². The lowest BCUT2D eigenvalue weighted by Crippen LogP contribution is -2.48. The lowest BCUT2D eigenvalue weighted by Gasteiger charge is -2.35. The maximum Gasteiger partial charge on any atom is 0.248 e. The van der Waals surface area contributed by atoms with Crippen molar-refractivity contribution in [2.75, 3.05) is 6.54 Å². The third-order valence-electron chi connectivity index (χ3n) is 4.51. The van der Waals surface area contributed by atoms with Crippen LogP contribution in [0.5, 0.6) is 0 Å². The molecule has 2 aromatic rings. The van der Waals surface area contributed by atoms with Crippen LogP contribution in [0.1, 0.15) is 31.4 Å². The van der Waals surface area contributed by atoms with Crippen molar-refractivity contribution >= 4 is 16.9 Å². The molecule has 0 aliphatic heterocycles. The molecule has 2 aromatic heterocycles. The van der Waals surface area contributed by atoms with E-state index in [1.54, 1.807) is 12.3 Å². The summed E-state index contributed by atoms with van der Waals surface area (Å²) in [4.78, 5) is 16.3. The number of hydrogen-bond acceptors (Lipinski definition) is 4. The number of aliphatic hydroxyl groups is 1. The van der Waals surface area contributed by atoms with E-state index in [9.17, 15) is 18.7 Å². The molecule has 2 N–H and O–H groups in total. The van der Waals surface area contributed by atoms with Gasteiger partial charge in [0.25, 0.3) is 0 Å². The number of fused-ring (bicyclic) bond motifs is 1. The minimum Gasteiger partial charge on any atom is -0.388 e. The van der Waals surface area contributed by atoms with Crippen molar-refractivity contribution in [3.63, 3.8) is 0 Å². The minimum atomic E-state index is -2.71. The van der Waals surface area contributed by atoms with E-state index in [0.717, 1.165) is 11.1 Å². The first-order chi connectivity index (χ1) is 11.3. The zero-order valence-corrected chi connectivity index (χ0v) is 13.4. The van der Waals surface area contributed by atoms with Gasteiger partial charge in [-0.15, -0.1) is 0 Å². The van der Waals surface area contributed by atoms with E-state index in [0.29, 0.717) is 5.65 Å². The third-order valence-corrected chi connectivity index (χ3v) is 4.51. The molecule has 8 heteroatoms. The van der Waals surface area contributed by atoms with Gasteiger partial charge in [-0.3, -0.25) is 4.79 Å². The number of rotatable bonds is 4. The SMILES string of the molecule is Cc1nn(CC(=O)NCC2(O)CCC(F)(F)CC2)c2ncccc12. The van der Waals surface area contributed by atoms with Gasteiger partial charge in [0.2, 0.25) is 11.8 Å². The first kappa shape index (κ1) is 16.8. The number of nitrogens with one attached hydrogen (secondary N) is 1. The summed E-state index contributed by atoms with van der Waals surface area (Å²) in [5, 5.41) is 18.1. The molecule has 130 valence electrons. The Hall–Kier alpha value is -2.09. The van der Waals surface area contributed by atoms with E-state index < -0.39 is 11.5 Å². The van der Waals surface area contributed by atoms with Crippen LogP contribution in [0.4, 0.5) is 8.78 Å². The Bertz CT molecular complexity index is 750. The molecular formula is C16H20F2N4O2. The minimum absolute atomic E-state index is 0.0222. The van der Waals surface area contributed by atoms with Gasteiger partial charge in [0.1, 0.15) is 6.54 Å². The normalized spacial score (nSPS) is 19.3. The Balaban J connectivity index is 1.60. The van der Waals surface area contributed by atoms with Crippen LogP contribution in [0.2, 0.25) is 0 Å². The smallest absolute Gasteiger partial charge is 0.248 e. The molecule has 0 atom stereocenters. The highest BCUT2D eigenvalue weighted by atomic mass is 19.3. The summed E-state index contributed by atoms with van der Waals surface area (Å²) in [6, 6.07) is 3.68. The Morgan fingerprint density at radius 2 is 2.08 bits per heavy atom. The topological polar surface area (TPSA) is 80.0 Å². The number of carbonyl (C=O) groups is 1. The van der Waals surface area contributed by atoms with Crippen molar-refractivity contribution in [1.82, 2.24) is 20.1 Å². The van der Waals surface area contributed by atoms with Crippen LogP contribution in [-0.4, -0.2) is 43.8 Å². The number of carbonyl (C=O) groups excluding carboxylic acids is 1. The molecule has 1 amide bonds. The van der Waals surface area contributed by atoms with E-state index >= 15 is 0 Å². The average molecular weight is 338 g/mol. The van der Waals surface area contributed by atoms with E-state index in [-0.39, 0.29) is 44.7 Å². The molecule has 1 aliphatic rings. The number of alkyl halides is 2. The quantitative estimate of drug-likeness (QED) is 0.891. The van der Waals surface area contributed by atoms with Gasteiger partial charge in [0.05, 0.1) is 11.3 Å². The van der Waals surface area contributed by atoms with Crippen molar-refractivity contribution in [3.8, 4) is 0 Å². The Morgan fingerprint density at radius 3 is 2.79 bits per heavy atom. The summed E-state index contributed by atoms with van der Waals surface area (Å²) in [5.41, 5.74) is 0.123. The van der Waals surface area contributed by atoms with Crippen molar-refractivity contribution in [2.24, 2.45) is 0 Å². The molecule has 0 saturated heterocycles. The monoisotopic (exact) mass is 338 g/mol. The summed E-state index contributed by atoms with van der Waals surface area (Å²) in [5.74, 6) is -3.05. The van der Waals surface area contributed by atoms with Gasteiger partial charge in [0, 0.05) is 31.0 Å². The molecule has 24 heavy (non-hydrogen) atoms. The Morgan fingerprint density at radius 1 is 1.38 bits per heavy atom. The highest BCUT2D eigenvalue weighted by molar-refractivity contribution is 5.81. The molecule has 0 aromatic carbocycles. The number of nitrogens with zero attached hydrogens (tertiary/aromatic N) is 3. The van der Waals surface area contributed by atoms with Crippen LogP contribution >= 0.6 is 0 Å². The van der Waals surface area contributed by atoms with Gasteiger partial charge in [-0.2, -0.15) is 5.10 Å². The molecule has 6 nitrogen and oxygen atoms in total. The molecule has 0 radical (unpaired) electrons. The predicted molar refractivity (Wildman–Crippen MR) is 83.6 cm³/mol. The summed E-state index contributed by atoms with van der Waals surface area (Å²) >= 11 is 0. The van der Waals surface area contributed by atoms with Crippen LogP contribution in [-0.2, 0) is 11.3 Å². The van der Waals surface area contributed by atoms with E-state index in [4.69, 9.17) is 0 Å². The fraction of sp³-hybridized carbons (Fsp3) is 0.562. The van der Waals surface area contributed by atoms with Crippen LogP contribution in [0.25, 0.3) is 11.0 Å². The number of aromatic nitrogens is 3. The molecular weight excluding hydrogens is 318 g/mol. The van der Waals surface area contributed by atoms with Gasteiger partial charge in [-0.05, 0) is 31.9 Å². The zero-order valence-electron chi connectivity index (χ0n) is 13.4. The predicted octanol–water partition coefficient (Wildman–Crippen LogP) is 1.80. The van der Waals surface area contributed by atoms with Crippen LogP contribution in [0.15, 0.2) is 18.3 Å². The van der Waals surface area contributed by atoms with Crippen molar-refractivity contribution in [3.05, 3.63) is 24.0 Å². The lowest BCUT2D eigenvalue weighted by molar-refractivity contribution is -0.126. The van der Waals surface area contributed by atoms with E-state index in [1.807, 2.05) is 13.0 Å². The second-order valence-corrected chi connectivity index (χ2v) is 6.47. The maximum atomic E-state index is 13.2. The highest BCUT2D eigenvalue weighted by Crippen LogP contribution is 2.38. The second kappa shape index (κ2) is 6.08. The second-order valence-electron chi connectivity index (χ2n) is 6.47. The summed E-state index contributed by atoms with van der Waals surface area (Å²) in [7, 11) is 0. The Kier molecular flexibility index (Phi) is 4.25.